The molecule has 0 N–H and O–H groups in total. The molecule has 0 atom stereocenters. The fraction of sp³-hybridized carbons (Fsp3) is 0.0435. The Balaban J connectivity index is 1.86. The number of aromatic nitrogens is 4. The molecule has 8 heteroatoms. The highest BCUT2D eigenvalue weighted by molar-refractivity contribution is 6.02. The summed E-state index contributed by atoms with van der Waals surface area (Å²) in [4.78, 5) is 26.0. The molecule has 5 nitrogen and oxygen atoms in total. The maximum atomic E-state index is 13.3. The first-order valence-corrected chi connectivity index (χ1v) is 9.31. The smallest absolute Gasteiger partial charge is 0.275 e. The maximum Gasteiger partial charge on any atom is 0.416 e. The van der Waals surface area contributed by atoms with Crippen LogP contribution in [0.4, 0.5) is 13.2 Å². The van der Waals surface area contributed by atoms with Gasteiger partial charge in [-0.2, -0.15) is 13.2 Å². The van der Waals surface area contributed by atoms with Crippen molar-refractivity contribution in [3.63, 3.8) is 0 Å². The molecule has 0 aliphatic carbocycles. The van der Waals surface area contributed by atoms with Crippen molar-refractivity contribution in [2.24, 2.45) is 0 Å². The standard InChI is InChI=1S/C23H13F3N4O/c24-23(25,26)16-4-1-5-17(11-16)30-20(31)9-6-15-13-28-19-8-7-18(29-21(19)22(15)30)14-3-2-10-27-12-14/h1-13H. The van der Waals surface area contributed by atoms with Gasteiger partial charge in [-0.3, -0.25) is 19.3 Å². The monoisotopic (exact) mass is 418 g/mol. The van der Waals surface area contributed by atoms with Crippen LogP contribution in [0.3, 0.4) is 0 Å². The van der Waals surface area contributed by atoms with E-state index in [1.165, 1.54) is 22.8 Å². The first-order chi connectivity index (χ1) is 14.9. The number of pyridine rings is 4. The zero-order chi connectivity index (χ0) is 21.6. The van der Waals surface area contributed by atoms with Gasteiger partial charge in [-0.1, -0.05) is 6.07 Å². The SMILES string of the molecule is O=c1ccc2cnc3ccc(-c4cccnc4)nc3c2n1-c1cccc(C(F)(F)F)c1. The third-order valence-corrected chi connectivity index (χ3v) is 4.95. The predicted molar refractivity (Wildman–Crippen MR) is 111 cm³/mol. The summed E-state index contributed by atoms with van der Waals surface area (Å²) in [7, 11) is 0. The van der Waals surface area contributed by atoms with Crippen molar-refractivity contribution in [2.75, 3.05) is 0 Å². The molecule has 1 aromatic carbocycles. The van der Waals surface area contributed by atoms with Crippen molar-refractivity contribution in [3.05, 3.63) is 95.2 Å². The molecule has 0 saturated carbocycles. The fourth-order valence-electron chi connectivity index (χ4n) is 3.52. The lowest BCUT2D eigenvalue weighted by Crippen LogP contribution is -2.18. The number of hydrogen-bond donors (Lipinski definition) is 0. The Bertz CT molecular complexity index is 1490. The van der Waals surface area contributed by atoms with E-state index in [0.29, 0.717) is 27.6 Å². The third-order valence-electron chi connectivity index (χ3n) is 4.95. The van der Waals surface area contributed by atoms with Gasteiger partial charge < -0.3 is 0 Å². The second kappa shape index (κ2) is 7.02. The van der Waals surface area contributed by atoms with E-state index in [9.17, 15) is 18.0 Å². The minimum absolute atomic E-state index is 0.103. The molecule has 4 heterocycles. The van der Waals surface area contributed by atoms with Crippen molar-refractivity contribution in [1.29, 1.82) is 0 Å². The lowest BCUT2D eigenvalue weighted by molar-refractivity contribution is -0.137. The second-order valence-corrected chi connectivity index (χ2v) is 6.92. The lowest BCUT2D eigenvalue weighted by atomic mass is 10.1. The second-order valence-electron chi connectivity index (χ2n) is 6.92. The zero-order valence-corrected chi connectivity index (χ0v) is 15.8. The molecule has 0 aliphatic heterocycles. The van der Waals surface area contributed by atoms with Crippen molar-refractivity contribution in [2.45, 2.75) is 6.18 Å². The van der Waals surface area contributed by atoms with Crippen LogP contribution in [0.5, 0.6) is 0 Å². The normalized spacial score (nSPS) is 11.8. The van der Waals surface area contributed by atoms with E-state index in [1.54, 1.807) is 42.9 Å². The van der Waals surface area contributed by atoms with Crippen molar-refractivity contribution in [1.82, 2.24) is 19.5 Å². The Morgan fingerprint density at radius 3 is 2.55 bits per heavy atom. The van der Waals surface area contributed by atoms with Crippen LogP contribution in [0.2, 0.25) is 0 Å². The zero-order valence-electron chi connectivity index (χ0n) is 15.8. The highest BCUT2D eigenvalue weighted by Crippen LogP contribution is 2.31. The van der Waals surface area contributed by atoms with E-state index in [1.807, 2.05) is 6.07 Å². The van der Waals surface area contributed by atoms with Gasteiger partial charge in [-0.05, 0) is 48.5 Å². The van der Waals surface area contributed by atoms with Gasteiger partial charge in [0.15, 0.2) is 0 Å². The molecule has 0 unspecified atom stereocenters. The van der Waals surface area contributed by atoms with Crippen LogP contribution in [-0.4, -0.2) is 19.5 Å². The van der Waals surface area contributed by atoms with E-state index in [-0.39, 0.29) is 5.69 Å². The Hall–Kier alpha value is -4.07. The van der Waals surface area contributed by atoms with Crippen LogP contribution in [0.15, 0.2) is 84.0 Å². The molecule has 31 heavy (non-hydrogen) atoms. The highest BCUT2D eigenvalue weighted by Gasteiger charge is 2.30. The lowest BCUT2D eigenvalue weighted by Gasteiger charge is -2.14. The summed E-state index contributed by atoms with van der Waals surface area (Å²) in [5, 5.41) is 0.584. The number of benzene rings is 1. The van der Waals surface area contributed by atoms with Crippen LogP contribution in [0.25, 0.3) is 38.9 Å². The first-order valence-electron chi connectivity index (χ1n) is 9.31. The maximum absolute atomic E-state index is 13.3. The molecule has 0 amide bonds. The van der Waals surface area contributed by atoms with E-state index >= 15 is 0 Å². The van der Waals surface area contributed by atoms with Crippen LogP contribution < -0.4 is 5.56 Å². The van der Waals surface area contributed by atoms with E-state index in [4.69, 9.17) is 0 Å². The highest BCUT2D eigenvalue weighted by atomic mass is 19.4. The van der Waals surface area contributed by atoms with Gasteiger partial charge in [0.1, 0.15) is 5.52 Å². The van der Waals surface area contributed by atoms with Gasteiger partial charge in [-0.25, -0.2) is 4.98 Å². The number of nitrogens with zero attached hydrogens (tertiary/aromatic N) is 4. The minimum atomic E-state index is -4.53. The molecule has 0 fully saturated rings. The third kappa shape index (κ3) is 3.31. The molecular formula is C23H13F3N4O. The Morgan fingerprint density at radius 1 is 0.903 bits per heavy atom. The van der Waals surface area contributed by atoms with Crippen LogP contribution in [0.1, 0.15) is 5.56 Å². The molecule has 5 rings (SSSR count). The average molecular weight is 418 g/mol. The summed E-state index contributed by atoms with van der Waals surface area (Å²) >= 11 is 0. The number of halogens is 3. The van der Waals surface area contributed by atoms with Crippen molar-refractivity contribution < 1.29 is 13.2 Å². The van der Waals surface area contributed by atoms with Gasteiger partial charge in [0.05, 0.1) is 22.3 Å². The Morgan fingerprint density at radius 2 is 1.77 bits per heavy atom. The van der Waals surface area contributed by atoms with Crippen LogP contribution in [0, 0.1) is 0 Å². The summed E-state index contributed by atoms with van der Waals surface area (Å²) < 4.78 is 41.1. The fourth-order valence-corrected chi connectivity index (χ4v) is 3.52. The molecule has 4 aromatic heterocycles. The van der Waals surface area contributed by atoms with Gasteiger partial charge in [0.2, 0.25) is 0 Å². The summed E-state index contributed by atoms with van der Waals surface area (Å²) in [5.41, 5.74) is 1.51. The number of hydrogen-bond acceptors (Lipinski definition) is 4. The van der Waals surface area contributed by atoms with Gasteiger partial charge in [-0.15, -0.1) is 0 Å². The average Bonchev–Trinajstić information content (AvgIpc) is 2.78. The summed E-state index contributed by atoms with van der Waals surface area (Å²) in [6.07, 6.45) is 0.353. The van der Waals surface area contributed by atoms with Crippen LogP contribution in [-0.2, 0) is 6.18 Å². The quantitative estimate of drug-likeness (QED) is 0.378. The molecule has 0 aliphatic rings. The minimum Gasteiger partial charge on any atom is -0.275 e. The predicted octanol–water partition coefficient (Wildman–Crippen LogP) is 5.01. The molecule has 0 radical (unpaired) electrons. The first kappa shape index (κ1) is 18.9. The van der Waals surface area contributed by atoms with E-state index < -0.39 is 17.3 Å². The Labute approximate surface area is 173 Å². The van der Waals surface area contributed by atoms with Gasteiger partial charge in [0, 0.05) is 41.3 Å². The number of fused-ring (bicyclic) bond motifs is 3. The van der Waals surface area contributed by atoms with Crippen molar-refractivity contribution in [3.8, 4) is 16.9 Å². The topological polar surface area (TPSA) is 60.7 Å². The number of rotatable bonds is 2. The molecule has 152 valence electrons. The molecule has 0 bridgehead atoms. The van der Waals surface area contributed by atoms with Crippen LogP contribution >= 0.6 is 0 Å². The van der Waals surface area contributed by atoms with Gasteiger partial charge in [0.25, 0.3) is 5.56 Å². The molecule has 0 spiro atoms. The summed E-state index contributed by atoms with van der Waals surface area (Å²) in [6.45, 7) is 0. The van der Waals surface area contributed by atoms with E-state index in [2.05, 4.69) is 15.0 Å². The molecular weight excluding hydrogens is 405 g/mol. The van der Waals surface area contributed by atoms with E-state index in [0.717, 1.165) is 17.7 Å². The van der Waals surface area contributed by atoms with Gasteiger partial charge >= 0.3 is 6.18 Å². The molecule has 0 saturated heterocycles. The van der Waals surface area contributed by atoms with Crippen molar-refractivity contribution >= 4 is 21.9 Å². The molecule has 5 aromatic rings. The summed E-state index contributed by atoms with van der Waals surface area (Å²) in [6, 6.07) is 14.7. The Kier molecular flexibility index (Phi) is 4.28. The summed E-state index contributed by atoms with van der Waals surface area (Å²) in [5.74, 6) is 0. The number of alkyl halides is 3. The largest absolute Gasteiger partial charge is 0.416 e.